The molecule has 0 atom stereocenters. The van der Waals surface area contributed by atoms with Gasteiger partial charge in [0.1, 0.15) is 0 Å². The van der Waals surface area contributed by atoms with Gasteiger partial charge in [-0.15, -0.1) is 0 Å². The summed E-state index contributed by atoms with van der Waals surface area (Å²) in [4.78, 5) is 13.2. The third-order valence-corrected chi connectivity index (χ3v) is 2.14. The molecule has 0 bridgehead atoms. The highest BCUT2D eigenvalue weighted by Crippen LogP contribution is 1.98. The molecule has 16 heavy (non-hydrogen) atoms. The first-order valence-electron chi connectivity index (χ1n) is 5.27. The third kappa shape index (κ3) is 4.17. The molecule has 0 aliphatic rings. The van der Waals surface area contributed by atoms with Gasteiger partial charge in [0.05, 0.1) is 0 Å². The van der Waals surface area contributed by atoms with Crippen molar-refractivity contribution in [1.82, 2.24) is 10.2 Å². The van der Waals surface area contributed by atoms with Gasteiger partial charge >= 0.3 is 6.03 Å². The van der Waals surface area contributed by atoms with E-state index >= 15 is 0 Å². The number of rotatable bonds is 4. The summed E-state index contributed by atoms with van der Waals surface area (Å²) in [6.45, 7) is 6.82. The summed E-state index contributed by atoms with van der Waals surface area (Å²) in [5.74, 6) is 0. The van der Waals surface area contributed by atoms with Crippen LogP contribution in [0.25, 0.3) is 0 Å². The Hall–Kier alpha value is -1.77. The number of carbonyl (C=O) groups excluding carboxylic acids is 1. The molecule has 1 aromatic carbocycles. The van der Waals surface area contributed by atoms with Gasteiger partial charge < -0.3 is 10.2 Å². The number of likely N-dealkylation sites (N-methyl/N-ethyl adjacent to an activating group) is 1. The van der Waals surface area contributed by atoms with Crippen LogP contribution in [0.4, 0.5) is 4.79 Å². The Morgan fingerprint density at radius 2 is 2.00 bits per heavy atom. The van der Waals surface area contributed by atoms with Gasteiger partial charge in [-0.2, -0.15) is 0 Å². The molecule has 0 aromatic heterocycles. The Kier molecular flexibility index (Phi) is 4.58. The Morgan fingerprint density at radius 3 is 2.56 bits per heavy atom. The van der Waals surface area contributed by atoms with Crippen molar-refractivity contribution in [2.75, 3.05) is 13.6 Å². The lowest BCUT2D eigenvalue weighted by molar-refractivity contribution is 0.212. The van der Waals surface area contributed by atoms with Crippen LogP contribution in [0.15, 0.2) is 42.5 Å². The van der Waals surface area contributed by atoms with Crippen molar-refractivity contribution in [1.29, 1.82) is 0 Å². The lowest BCUT2D eigenvalue weighted by atomic mass is 10.2. The van der Waals surface area contributed by atoms with E-state index < -0.39 is 0 Å². The van der Waals surface area contributed by atoms with E-state index in [1.807, 2.05) is 37.3 Å². The minimum absolute atomic E-state index is 0.0770. The minimum Gasteiger partial charge on any atom is -0.334 e. The third-order valence-electron chi connectivity index (χ3n) is 2.14. The van der Waals surface area contributed by atoms with Crippen molar-refractivity contribution in [3.63, 3.8) is 0 Å². The summed E-state index contributed by atoms with van der Waals surface area (Å²) in [5.41, 5.74) is 2.07. The summed E-state index contributed by atoms with van der Waals surface area (Å²) >= 11 is 0. The predicted octanol–water partition coefficient (Wildman–Crippen LogP) is 2.40. The Balaban J connectivity index is 2.38. The van der Waals surface area contributed by atoms with E-state index in [0.29, 0.717) is 13.1 Å². The molecule has 0 unspecified atom stereocenters. The zero-order valence-electron chi connectivity index (χ0n) is 9.86. The zero-order valence-corrected chi connectivity index (χ0v) is 9.86. The lowest BCUT2D eigenvalue weighted by Crippen LogP contribution is -2.37. The molecule has 0 fully saturated rings. The number of amides is 2. The number of nitrogens with one attached hydrogen (secondary N) is 1. The van der Waals surface area contributed by atoms with Crippen LogP contribution < -0.4 is 5.32 Å². The summed E-state index contributed by atoms with van der Waals surface area (Å²) in [6.07, 6.45) is 0. The first kappa shape index (κ1) is 12.3. The normalized spacial score (nSPS) is 9.62. The predicted molar refractivity (Wildman–Crippen MR) is 66.1 cm³/mol. The zero-order chi connectivity index (χ0) is 12.0. The van der Waals surface area contributed by atoms with E-state index in [4.69, 9.17) is 0 Å². The molecule has 3 nitrogen and oxygen atoms in total. The summed E-state index contributed by atoms with van der Waals surface area (Å²) in [7, 11) is 1.76. The quantitative estimate of drug-likeness (QED) is 0.773. The number of carbonyl (C=O) groups is 1. The maximum Gasteiger partial charge on any atom is 0.317 e. The highest BCUT2D eigenvalue weighted by molar-refractivity contribution is 5.74. The monoisotopic (exact) mass is 218 g/mol. The van der Waals surface area contributed by atoms with E-state index in [1.54, 1.807) is 11.9 Å². The largest absolute Gasteiger partial charge is 0.334 e. The number of hydrogen-bond acceptors (Lipinski definition) is 1. The standard InChI is InChI=1S/C13H18N2O/c1-11(2)10-15(3)13(16)14-9-12-7-5-4-6-8-12/h4-8H,1,9-10H2,2-3H3,(H,14,16). The van der Waals surface area contributed by atoms with E-state index in [1.165, 1.54) is 0 Å². The van der Waals surface area contributed by atoms with Crippen LogP contribution in [0.2, 0.25) is 0 Å². The Bertz CT molecular complexity index is 359. The van der Waals surface area contributed by atoms with E-state index in [9.17, 15) is 4.79 Å². The first-order valence-corrected chi connectivity index (χ1v) is 5.27. The maximum atomic E-state index is 11.6. The van der Waals surface area contributed by atoms with Crippen molar-refractivity contribution in [2.45, 2.75) is 13.5 Å². The van der Waals surface area contributed by atoms with Crippen LogP contribution in [0.3, 0.4) is 0 Å². The fourth-order valence-corrected chi connectivity index (χ4v) is 1.39. The van der Waals surface area contributed by atoms with Gasteiger partial charge in [0.25, 0.3) is 0 Å². The summed E-state index contributed by atoms with van der Waals surface area (Å²) in [5, 5.41) is 2.85. The molecular weight excluding hydrogens is 200 g/mol. The van der Waals surface area contributed by atoms with Gasteiger partial charge in [0.2, 0.25) is 0 Å². The van der Waals surface area contributed by atoms with Gasteiger partial charge in [0.15, 0.2) is 0 Å². The van der Waals surface area contributed by atoms with Crippen molar-refractivity contribution < 1.29 is 4.79 Å². The van der Waals surface area contributed by atoms with Gasteiger partial charge in [-0.1, -0.05) is 42.5 Å². The number of benzene rings is 1. The van der Waals surface area contributed by atoms with Gasteiger partial charge in [-0.3, -0.25) is 0 Å². The molecule has 3 heteroatoms. The Morgan fingerprint density at radius 1 is 1.38 bits per heavy atom. The highest BCUT2D eigenvalue weighted by atomic mass is 16.2. The Labute approximate surface area is 96.8 Å². The van der Waals surface area contributed by atoms with Crippen LogP contribution in [0.5, 0.6) is 0 Å². The van der Waals surface area contributed by atoms with Gasteiger partial charge in [0, 0.05) is 20.1 Å². The lowest BCUT2D eigenvalue weighted by Gasteiger charge is -2.17. The molecule has 0 aliphatic carbocycles. The first-order chi connectivity index (χ1) is 7.59. The molecule has 0 saturated carbocycles. The molecule has 1 rings (SSSR count). The molecule has 0 spiro atoms. The molecular formula is C13H18N2O. The minimum atomic E-state index is -0.0770. The second-order valence-electron chi connectivity index (χ2n) is 3.96. The van der Waals surface area contributed by atoms with Crippen molar-refractivity contribution in [2.24, 2.45) is 0 Å². The van der Waals surface area contributed by atoms with Crippen molar-refractivity contribution in [3.05, 3.63) is 48.0 Å². The SMILES string of the molecule is C=C(C)CN(C)C(=O)NCc1ccccc1. The van der Waals surface area contributed by atoms with Gasteiger partial charge in [-0.25, -0.2) is 4.79 Å². The highest BCUT2D eigenvalue weighted by Gasteiger charge is 2.06. The molecule has 86 valence electrons. The van der Waals surface area contributed by atoms with Crippen molar-refractivity contribution >= 4 is 6.03 Å². The fraction of sp³-hybridized carbons (Fsp3) is 0.308. The summed E-state index contributed by atoms with van der Waals surface area (Å²) in [6, 6.07) is 9.77. The van der Waals surface area contributed by atoms with Crippen molar-refractivity contribution in [3.8, 4) is 0 Å². The second kappa shape index (κ2) is 5.95. The van der Waals surface area contributed by atoms with E-state index in [2.05, 4.69) is 11.9 Å². The second-order valence-corrected chi connectivity index (χ2v) is 3.96. The van der Waals surface area contributed by atoms with Crippen LogP contribution >= 0.6 is 0 Å². The molecule has 0 radical (unpaired) electrons. The van der Waals surface area contributed by atoms with E-state index in [0.717, 1.165) is 11.1 Å². The van der Waals surface area contributed by atoms with Crippen LogP contribution in [0.1, 0.15) is 12.5 Å². The average molecular weight is 218 g/mol. The maximum absolute atomic E-state index is 11.6. The fourth-order valence-electron chi connectivity index (χ4n) is 1.39. The average Bonchev–Trinajstić information content (AvgIpc) is 2.26. The van der Waals surface area contributed by atoms with Gasteiger partial charge in [-0.05, 0) is 12.5 Å². The topological polar surface area (TPSA) is 32.3 Å². The molecule has 0 heterocycles. The number of hydrogen-bond donors (Lipinski definition) is 1. The van der Waals surface area contributed by atoms with Crippen LogP contribution in [0, 0.1) is 0 Å². The number of nitrogens with zero attached hydrogens (tertiary/aromatic N) is 1. The molecule has 1 aromatic rings. The number of urea groups is 1. The molecule has 0 aliphatic heterocycles. The van der Waals surface area contributed by atoms with E-state index in [-0.39, 0.29) is 6.03 Å². The molecule has 0 saturated heterocycles. The van der Waals surface area contributed by atoms with Crippen LogP contribution in [-0.4, -0.2) is 24.5 Å². The molecule has 2 amide bonds. The summed E-state index contributed by atoms with van der Waals surface area (Å²) < 4.78 is 0. The molecule has 1 N–H and O–H groups in total. The van der Waals surface area contributed by atoms with Crippen LogP contribution in [-0.2, 0) is 6.54 Å². The smallest absolute Gasteiger partial charge is 0.317 e.